The highest BCUT2D eigenvalue weighted by molar-refractivity contribution is 6.00. The molecule has 1 aromatic rings. The molecule has 0 radical (unpaired) electrons. The normalized spacial score (nSPS) is 11.9. The van der Waals surface area contributed by atoms with E-state index in [0.29, 0.717) is 24.3 Å². The zero-order valence-electron chi connectivity index (χ0n) is 11.6. The summed E-state index contributed by atoms with van der Waals surface area (Å²) in [6, 6.07) is 5.19. The summed E-state index contributed by atoms with van der Waals surface area (Å²) in [7, 11) is 0. The molecule has 0 saturated heterocycles. The van der Waals surface area contributed by atoms with Gasteiger partial charge >= 0.3 is 0 Å². The lowest BCUT2D eigenvalue weighted by Gasteiger charge is -2.13. The van der Waals surface area contributed by atoms with Crippen LogP contribution in [0.3, 0.4) is 0 Å². The first-order chi connectivity index (χ1) is 9.04. The highest BCUT2D eigenvalue weighted by Gasteiger charge is 2.10. The largest absolute Gasteiger partial charge is 0.399 e. The molecule has 0 saturated carbocycles. The van der Waals surface area contributed by atoms with Crippen LogP contribution >= 0.6 is 0 Å². The number of hydrogen-bond acceptors (Lipinski definition) is 4. The third-order valence-corrected chi connectivity index (χ3v) is 2.74. The van der Waals surface area contributed by atoms with Gasteiger partial charge in [0.25, 0.3) is 5.91 Å². The molecule has 19 heavy (non-hydrogen) atoms. The lowest BCUT2D eigenvalue weighted by molar-refractivity contribution is 0.0956. The maximum Gasteiger partial charge on any atom is 0.253 e. The van der Waals surface area contributed by atoms with Crippen molar-refractivity contribution in [2.24, 2.45) is 0 Å². The van der Waals surface area contributed by atoms with Gasteiger partial charge in [-0.3, -0.25) is 4.79 Å². The molecular formula is C14H23N3O2. The van der Waals surface area contributed by atoms with E-state index in [4.69, 9.17) is 5.73 Å². The van der Waals surface area contributed by atoms with Crippen LogP contribution in [-0.4, -0.2) is 30.2 Å². The van der Waals surface area contributed by atoms with Crippen molar-refractivity contribution in [3.8, 4) is 0 Å². The molecular weight excluding hydrogens is 242 g/mol. The van der Waals surface area contributed by atoms with Crippen molar-refractivity contribution >= 4 is 17.3 Å². The Morgan fingerprint density at radius 1 is 1.47 bits per heavy atom. The number of benzene rings is 1. The van der Waals surface area contributed by atoms with Crippen molar-refractivity contribution in [1.82, 2.24) is 5.32 Å². The Bertz CT molecular complexity index is 419. The lowest BCUT2D eigenvalue weighted by atomic mass is 10.1. The molecule has 0 aliphatic carbocycles. The number of nitrogen functional groups attached to an aromatic ring is 1. The van der Waals surface area contributed by atoms with E-state index in [0.717, 1.165) is 18.5 Å². The Hall–Kier alpha value is -1.75. The van der Waals surface area contributed by atoms with Crippen molar-refractivity contribution in [1.29, 1.82) is 0 Å². The maximum atomic E-state index is 11.9. The van der Waals surface area contributed by atoms with Crippen LogP contribution in [0.4, 0.5) is 11.4 Å². The van der Waals surface area contributed by atoms with Gasteiger partial charge in [0.05, 0.1) is 11.7 Å². The summed E-state index contributed by atoms with van der Waals surface area (Å²) in [5.41, 5.74) is 7.68. The molecule has 0 aliphatic heterocycles. The topological polar surface area (TPSA) is 87.4 Å². The molecule has 5 nitrogen and oxygen atoms in total. The quantitative estimate of drug-likeness (QED) is 0.445. The van der Waals surface area contributed by atoms with Crippen LogP contribution in [0.2, 0.25) is 0 Å². The van der Waals surface area contributed by atoms with Crippen LogP contribution in [0.25, 0.3) is 0 Å². The van der Waals surface area contributed by atoms with Crippen molar-refractivity contribution in [3.63, 3.8) is 0 Å². The minimum absolute atomic E-state index is 0.111. The molecule has 0 spiro atoms. The second-order valence-electron chi connectivity index (χ2n) is 4.58. The van der Waals surface area contributed by atoms with Gasteiger partial charge < -0.3 is 21.5 Å². The average molecular weight is 265 g/mol. The zero-order chi connectivity index (χ0) is 14.3. The highest BCUT2D eigenvalue weighted by atomic mass is 16.3. The number of anilines is 2. The summed E-state index contributed by atoms with van der Waals surface area (Å²) < 4.78 is 0. The molecule has 0 bridgehead atoms. The minimum Gasteiger partial charge on any atom is -0.399 e. The smallest absolute Gasteiger partial charge is 0.253 e. The third kappa shape index (κ3) is 5.18. The summed E-state index contributed by atoms with van der Waals surface area (Å²) in [6.45, 7) is 4.93. The molecule has 106 valence electrons. The fourth-order valence-corrected chi connectivity index (χ4v) is 1.78. The van der Waals surface area contributed by atoms with E-state index < -0.39 is 0 Å². The Morgan fingerprint density at radius 3 is 2.84 bits per heavy atom. The van der Waals surface area contributed by atoms with E-state index in [1.54, 1.807) is 25.1 Å². The average Bonchev–Trinajstić information content (AvgIpc) is 2.34. The van der Waals surface area contributed by atoms with E-state index in [-0.39, 0.29) is 12.0 Å². The van der Waals surface area contributed by atoms with Crippen LogP contribution < -0.4 is 16.4 Å². The molecule has 1 atom stereocenters. The number of aliphatic hydroxyl groups is 1. The van der Waals surface area contributed by atoms with Crippen molar-refractivity contribution < 1.29 is 9.90 Å². The molecule has 5 N–H and O–H groups in total. The van der Waals surface area contributed by atoms with Gasteiger partial charge in [0.15, 0.2) is 0 Å². The highest BCUT2D eigenvalue weighted by Crippen LogP contribution is 2.19. The Kier molecular flexibility index (Phi) is 6.15. The van der Waals surface area contributed by atoms with Crippen molar-refractivity contribution in [2.75, 3.05) is 24.1 Å². The molecule has 1 aromatic carbocycles. The van der Waals surface area contributed by atoms with Gasteiger partial charge in [-0.1, -0.05) is 0 Å². The molecule has 1 rings (SSSR count). The van der Waals surface area contributed by atoms with Gasteiger partial charge in [-0.25, -0.2) is 0 Å². The van der Waals surface area contributed by atoms with Crippen LogP contribution in [-0.2, 0) is 0 Å². The molecule has 0 aliphatic rings. The van der Waals surface area contributed by atoms with E-state index in [1.165, 1.54) is 0 Å². The number of aliphatic hydroxyl groups excluding tert-OH is 1. The van der Waals surface area contributed by atoms with Crippen LogP contribution in [0.15, 0.2) is 18.2 Å². The van der Waals surface area contributed by atoms with Crippen molar-refractivity contribution in [3.05, 3.63) is 23.8 Å². The Balaban J connectivity index is 2.68. The number of carbonyl (C=O) groups excluding carboxylic acids is 1. The summed E-state index contributed by atoms with van der Waals surface area (Å²) in [6.07, 6.45) is 1.26. The molecule has 0 aromatic heterocycles. The van der Waals surface area contributed by atoms with Gasteiger partial charge in [-0.05, 0) is 44.9 Å². The number of hydrogen-bond donors (Lipinski definition) is 4. The molecule has 0 heterocycles. The zero-order valence-corrected chi connectivity index (χ0v) is 11.6. The Labute approximate surface area is 114 Å². The second kappa shape index (κ2) is 7.63. The van der Waals surface area contributed by atoms with E-state index in [2.05, 4.69) is 10.6 Å². The van der Waals surface area contributed by atoms with Gasteiger partial charge in [-0.15, -0.1) is 0 Å². The number of rotatable bonds is 7. The van der Waals surface area contributed by atoms with Gasteiger partial charge in [0, 0.05) is 24.5 Å². The van der Waals surface area contributed by atoms with E-state index >= 15 is 0 Å². The van der Waals surface area contributed by atoms with Crippen LogP contribution in [0.1, 0.15) is 37.0 Å². The monoisotopic (exact) mass is 265 g/mol. The lowest BCUT2D eigenvalue weighted by Crippen LogP contribution is -2.24. The van der Waals surface area contributed by atoms with Gasteiger partial charge in [0.2, 0.25) is 0 Å². The van der Waals surface area contributed by atoms with E-state index in [9.17, 15) is 9.90 Å². The molecule has 0 fully saturated rings. The molecule has 1 unspecified atom stereocenters. The predicted molar refractivity (Wildman–Crippen MR) is 78.3 cm³/mol. The van der Waals surface area contributed by atoms with Gasteiger partial charge in [-0.2, -0.15) is 0 Å². The van der Waals surface area contributed by atoms with E-state index in [1.807, 2.05) is 6.92 Å². The fourth-order valence-electron chi connectivity index (χ4n) is 1.78. The van der Waals surface area contributed by atoms with Gasteiger partial charge in [0.1, 0.15) is 0 Å². The number of nitrogens with one attached hydrogen (secondary N) is 2. The predicted octanol–water partition coefficient (Wildman–Crippen LogP) is 1.59. The Morgan fingerprint density at radius 2 is 2.21 bits per heavy atom. The molecule has 5 heteroatoms. The third-order valence-electron chi connectivity index (χ3n) is 2.74. The minimum atomic E-state index is -0.300. The first kappa shape index (κ1) is 15.3. The number of carbonyl (C=O) groups is 1. The standard InChI is InChI=1S/C14H23N3O2/c1-3-16-14(19)12-7-6-11(15)9-13(12)17-8-4-5-10(2)18/h6-7,9-10,17-18H,3-5,8,15H2,1-2H3,(H,16,19). The second-order valence-corrected chi connectivity index (χ2v) is 4.58. The number of nitrogens with two attached hydrogens (primary N) is 1. The van der Waals surface area contributed by atoms with Crippen LogP contribution in [0.5, 0.6) is 0 Å². The fraction of sp³-hybridized carbons (Fsp3) is 0.500. The summed E-state index contributed by atoms with van der Waals surface area (Å²) in [5.74, 6) is -0.111. The summed E-state index contributed by atoms with van der Waals surface area (Å²) in [5, 5.41) is 15.2. The van der Waals surface area contributed by atoms with Crippen LogP contribution in [0, 0.1) is 0 Å². The first-order valence-electron chi connectivity index (χ1n) is 6.64. The summed E-state index contributed by atoms with van der Waals surface area (Å²) >= 11 is 0. The molecule has 1 amide bonds. The van der Waals surface area contributed by atoms with Crippen molar-refractivity contribution in [2.45, 2.75) is 32.8 Å². The SMILES string of the molecule is CCNC(=O)c1ccc(N)cc1NCCCC(C)O. The first-order valence-corrected chi connectivity index (χ1v) is 6.64. The summed E-state index contributed by atoms with van der Waals surface area (Å²) in [4.78, 5) is 11.9. The maximum absolute atomic E-state index is 11.9. The number of amides is 1.